The van der Waals surface area contributed by atoms with Crippen molar-refractivity contribution in [2.75, 3.05) is 0 Å². The predicted octanol–water partition coefficient (Wildman–Crippen LogP) is 2.94. The van der Waals surface area contributed by atoms with Gasteiger partial charge in [0.05, 0.1) is 5.75 Å². The minimum absolute atomic E-state index is 0.0457. The molecule has 0 aromatic heterocycles. The van der Waals surface area contributed by atoms with Crippen LogP contribution in [0.1, 0.15) is 57.1 Å². The lowest BCUT2D eigenvalue weighted by Gasteiger charge is -2.54. The Kier molecular flexibility index (Phi) is 4.81. The van der Waals surface area contributed by atoms with Crippen LogP contribution in [0.25, 0.3) is 0 Å². The van der Waals surface area contributed by atoms with Crippen molar-refractivity contribution in [3.05, 3.63) is 35.4 Å². The van der Waals surface area contributed by atoms with Crippen molar-refractivity contribution in [1.82, 2.24) is 10.0 Å². The molecule has 0 saturated heterocycles. The molecule has 4 nitrogen and oxygen atoms in total. The topological polar surface area (TPSA) is 58.2 Å². The average Bonchev–Trinajstić information content (AvgIpc) is 2.35. The lowest BCUT2D eigenvalue weighted by molar-refractivity contribution is -0.00263. The van der Waals surface area contributed by atoms with E-state index in [1.165, 1.54) is 37.7 Å². The zero-order valence-corrected chi connectivity index (χ0v) is 15.0. The molecule has 1 aromatic rings. The summed E-state index contributed by atoms with van der Waals surface area (Å²) in [6.45, 7) is 4.54. The average molecular weight is 337 g/mol. The summed E-state index contributed by atoms with van der Waals surface area (Å²) >= 11 is 0. The lowest BCUT2D eigenvalue weighted by Crippen LogP contribution is -2.51. The molecular weight excluding hydrogens is 308 g/mol. The third-order valence-electron chi connectivity index (χ3n) is 5.16. The number of sulfonamides is 1. The fourth-order valence-corrected chi connectivity index (χ4v) is 5.28. The van der Waals surface area contributed by atoms with Gasteiger partial charge in [0.1, 0.15) is 0 Å². The highest BCUT2D eigenvalue weighted by atomic mass is 32.2. The molecule has 0 atom stereocenters. The maximum atomic E-state index is 11.9. The van der Waals surface area contributed by atoms with Gasteiger partial charge in [-0.25, -0.2) is 13.1 Å². The van der Waals surface area contributed by atoms with Crippen molar-refractivity contribution in [3.63, 3.8) is 0 Å². The van der Waals surface area contributed by atoms with Gasteiger partial charge in [0.2, 0.25) is 10.0 Å². The van der Waals surface area contributed by atoms with E-state index in [2.05, 4.69) is 10.0 Å². The molecule has 0 bridgehead atoms. The van der Waals surface area contributed by atoms with Gasteiger partial charge in [-0.2, -0.15) is 0 Å². The van der Waals surface area contributed by atoms with Crippen LogP contribution in [0, 0.1) is 5.41 Å². The highest BCUT2D eigenvalue weighted by molar-refractivity contribution is 7.88. The predicted molar refractivity (Wildman–Crippen MR) is 93.5 cm³/mol. The van der Waals surface area contributed by atoms with Crippen LogP contribution < -0.4 is 10.0 Å². The van der Waals surface area contributed by atoms with Gasteiger partial charge in [-0.3, -0.25) is 0 Å². The van der Waals surface area contributed by atoms with Gasteiger partial charge in [0.25, 0.3) is 0 Å². The number of nitrogens with one attached hydrogen (secondary N) is 2. The van der Waals surface area contributed by atoms with E-state index < -0.39 is 10.0 Å². The van der Waals surface area contributed by atoms with Crippen LogP contribution in [0.5, 0.6) is 0 Å². The van der Waals surface area contributed by atoms with E-state index in [1.807, 2.05) is 38.1 Å². The second-order valence-electron chi connectivity index (χ2n) is 7.69. The van der Waals surface area contributed by atoms with Gasteiger partial charge >= 0.3 is 0 Å². The van der Waals surface area contributed by atoms with Gasteiger partial charge in [-0.15, -0.1) is 0 Å². The second-order valence-corrected chi connectivity index (χ2v) is 9.44. The summed E-state index contributed by atoms with van der Waals surface area (Å²) in [7, 11) is -3.24. The van der Waals surface area contributed by atoms with E-state index in [4.69, 9.17) is 0 Å². The Hall–Kier alpha value is -0.910. The molecule has 2 aliphatic carbocycles. The molecule has 0 radical (unpaired) electrons. The molecule has 5 heteroatoms. The molecule has 1 aromatic carbocycles. The Morgan fingerprint density at radius 1 is 1.13 bits per heavy atom. The number of hydrogen-bond acceptors (Lipinski definition) is 3. The Bertz CT molecular complexity index is 625. The van der Waals surface area contributed by atoms with E-state index in [9.17, 15) is 8.42 Å². The summed E-state index contributed by atoms with van der Waals surface area (Å²) in [5.74, 6) is 0.0457. The number of rotatable bonds is 7. The SMILES string of the molecule is CC(C)NS(=O)(=O)Cc1ccc(CNC2CC3(CCC3)C2)cc1. The summed E-state index contributed by atoms with van der Waals surface area (Å²) < 4.78 is 26.5. The van der Waals surface area contributed by atoms with Crippen LogP contribution in [0.15, 0.2) is 24.3 Å². The molecule has 1 spiro atoms. The fraction of sp³-hybridized carbons (Fsp3) is 0.667. The molecular formula is C18H28N2O2S. The first-order chi connectivity index (χ1) is 10.9. The summed E-state index contributed by atoms with van der Waals surface area (Å²) in [6.07, 6.45) is 6.95. The van der Waals surface area contributed by atoms with E-state index in [-0.39, 0.29) is 11.8 Å². The van der Waals surface area contributed by atoms with Crippen LogP contribution in [-0.4, -0.2) is 20.5 Å². The van der Waals surface area contributed by atoms with Crippen LogP contribution in [0.4, 0.5) is 0 Å². The van der Waals surface area contributed by atoms with E-state index in [0.717, 1.165) is 12.1 Å². The Morgan fingerprint density at radius 3 is 2.26 bits per heavy atom. The highest BCUT2D eigenvalue weighted by Gasteiger charge is 2.47. The van der Waals surface area contributed by atoms with Crippen LogP contribution in [-0.2, 0) is 22.3 Å². The van der Waals surface area contributed by atoms with E-state index >= 15 is 0 Å². The molecule has 128 valence electrons. The third-order valence-corrected chi connectivity index (χ3v) is 6.71. The first-order valence-electron chi connectivity index (χ1n) is 8.67. The molecule has 3 rings (SSSR count). The maximum absolute atomic E-state index is 11.9. The van der Waals surface area contributed by atoms with Crippen molar-refractivity contribution >= 4 is 10.0 Å². The van der Waals surface area contributed by atoms with Gasteiger partial charge in [-0.1, -0.05) is 30.7 Å². The second kappa shape index (κ2) is 6.54. The lowest BCUT2D eigenvalue weighted by atomic mass is 9.54. The smallest absolute Gasteiger partial charge is 0.216 e. The normalized spacial score (nSPS) is 20.5. The molecule has 0 unspecified atom stereocenters. The van der Waals surface area contributed by atoms with Crippen LogP contribution >= 0.6 is 0 Å². The quantitative estimate of drug-likeness (QED) is 0.805. The molecule has 2 N–H and O–H groups in total. The van der Waals surface area contributed by atoms with Crippen molar-refractivity contribution in [3.8, 4) is 0 Å². The molecule has 0 amide bonds. The van der Waals surface area contributed by atoms with Crippen molar-refractivity contribution < 1.29 is 8.42 Å². The largest absolute Gasteiger partial charge is 0.310 e. The summed E-state index contributed by atoms with van der Waals surface area (Å²) in [6, 6.07) is 8.52. The molecule has 23 heavy (non-hydrogen) atoms. The van der Waals surface area contributed by atoms with Crippen molar-refractivity contribution in [2.24, 2.45) is 5.41 Å². The Morgan fingerprint density at radius 2 is 1.74 bits per heavy atom. The maximum Gasteiger partial charge on any atom is 0.216 e. The van der Waals surface area contributed by atoms with E-state index in [1.54, 1.807) is 0 Å². The highest BCUT2D eigenvalue weighted by Crippen LogP contribution is 2.55. The Labute approximate surface area is 140 Å². The Balaban J connectivity index is 1.45. The minimum Gasteiger partial charge on any atom is -0.310 e. The minimum atomic E-state index is -3.24. The fourth-order valence-electron chi connectivity index (χ4n) is 3.85. The zero-order chi connectivity index (χ0) is 16.5. The summed E-state index contributed by atoms with van der Waals surface area (Å²) in [5, 5.41) is 3.62. The number of hydrogen-bond donors (Lipinski definition) is 2. The summed E-state index contributed by atoms with van der Waals surface area (Å²) in [4.78, 5) is 0. The monoisotopic (exact) mass is 336 g/mol. The molecule has 2 aliphatic rings. The van der Waals surface area contributed by atoms with Gasteiger partial charge in [0.15, 0.2) is 0 Å². The molecule has 0 aliphatic heterocycles. The summed E-state index contributed by atoms with van der Waals surface area (Å²) in [5.41, 5.74) is 2.76. The first kappa shape index (κ1) is 16.9. The molecule has 2 saturated carbocycles. The van der Waals surface area contributed by atoms with Crippen molar-refractivity contribution in [1.29, 1.82) is 0 Å². The van der Waals surface area contributed by atoms with Gasteiger partial charge in [-0.05, 0) is 56.1 Å². The zero-order valence-electron chi connectivity index (χ0n) is 14.1. The van der Waals surface area contributed by atoms with Gasteiger partial charge < -0.3 is 5.32 Å². The van der Waals surface area contributed by atoms with Crippen LogP contribution in [0.3, 0.4) is 0 Å². The standard InChI is InChI=1S/C18H28N2O2S/c1-14(2)20-23(21,22)13-16-6-4-15(5-7-16)12-19-17-10-18(11-17)8-3-9-18/h4-7,14,17,19-20H,3,8-13H2,1-2H3. The third kappa shape index (κ3) is 4.34. The molecule has 2 fully saturated rings. The van der Waals surface area contributed by atoms with Crippen LogP contribution in [0.2, 0.25) is 0 Å². The first-order valence-corrected chi connectivity index (χ1v) is 10.3. The number of benzene rings is 1. The van der Waals surface area contributed by atoms with Crippen molar-refractivity contribution in [2.45, 2.75) is 70.3 Å². The van der Waals surface area contributed by atoms with E-state index in [0.29, 0.717) is 11.5 Å². The molecule has 0 heterocycles. The van der Waals surface area contributed by atoms with Gasteiger partial charge in [0, 0.05) is 18.6 Å².